The van der Waals surface area contributed by atoms with Crippen molar-refractivity contribution < 1.29 is 34.5 Å². The molecule has 5 unspecified atom stereocenters. The summed E-state index contributed by atoms with van der Waals surface area (Å²) < 4.78 is 0. The van der Waals surface area contributed by atoms with Gasteiger partial charge in [0.05, 0.1) is 18.6 Å². The maximum atomic E-state index is 14.2. The molecule has 0 fully saturated rings. The molecule has 0 radical (unpaired) electrons. The molecule has 0 aliphatic rings. The molecule has 5 atom stereocenters. The molecule has 0 aliphatic carbocycles. The number of phenolic OH excluding ortho intramolecular Hbond substituents is 2. The Balaban J connectivity index is 1.95. The highest BCUT2D eigenvalue weighted by atomic mass is 16.3. The summed E-state index contributed by atoms with van der Waals surface area (Å²) in [5.74, 6) is -2.28. The van der Waals surface area contributed by atoms with Gasteiger partial charge >= 0.3 is 0 Å². The molecule has 4 amide bonds. The highest BCUT2D eigenvalue weighted by Gasteiger charge is 2.35. The molecule has 0 spiro atoms. The summed E-state index contributed by atoms with van der Waals surface area (Å²) in [6.07, 6.45) is -0.902. The molecule has 13 nitrogen and oxygen atoms in total. The lowest BCUT2D eigenvalue weighted by molar-refractivity contribution is -0.142. The van der Waals surface area contributed by atoms with Crippen LogP contribution in [0.5, 0.6) is 11.5 Å². The fraction of sp³-hybridized carbons (Fsp3) is 0.389. The number of primary amides is 1. The van der Waals surface area contributed by atoms with Crippen LogP contribution < -0.4 is 27.4 Å². The monoisotopic (exact) mass is 676 g/mol. The average molecular weight is 677 g/mol. The third kappa shape index (κ3) is 12.2. The number of rotatable bonds is 18. The number of phenols is 2. The van der Waals surface area contributed by atoms with Crippen molar-refractivity contribution in [3.8, 4) is 11.5 Å². The van der Waals surface area contributed by atoms with Crippen molar-refractivity contribution in [1.82, 2.24) is 20.9 Å². The van der Waals surface area contributed by atoms with Crippen LogP contribution in [0.15, 0.2) is 78.9 Å². The molecule has 0 aromatic heterocycles. The summed E-state index contributed by atoms with van der Waals surface area (Å²) >= 11 is 0. The molecule has 3 aromatic rings. The number of carbonyl (C=O) groups excluding carboxylic acids is 4. The van der Waals surface area contributed by atoms with Gasteiger partial charge in [-0.25, -0.2) is 0 Å². The minimum atomic E-state index is -1.48. The zero-order valence-electron chi connectivity index (χ0n) is 28.1. The van der Waals surface area contributed by atoms with E-state index in [0.717, 1.165) is 5.56 Å². The van der Waals surface area contributed by atoms with Gasteiger partial charge in [-0.05, 0) is 66.1 Å². The first-order valence-corrected chi connectivity index (χ1v) is 16.2. The van der Waals surface area contributed by atoms with Crippen LogP contribution in [0.25, 0.3) is 0 Å². The van der Waals surface area contributed by atoms with Gasteiger partial charge in [-0.3, -0.25) is 24.5 Å². The Bertz CT molecular complexity index is 1520. The number of hydrogen-bond donors (Lipinski definition) is 8. The molecule has 0 saturated heterocycles. The first-order chi connectivity index (χ1) is 23.3. The Labute approximate surface area is 286 Å². The maximum absolute atomic E-state index is 14.2. The van der Waals surface area contributed by atoms with Crippen molar-refractivity contribution in [3.05, 3.63) is 95.6 Å². The second-order valence-corrected chi connectivity index (χ2v) is 12.5. The van der Waals surface area contributed by atoms with E-state index in [2.05, 4.69) is 16.0 Å². The Kier molecular flexibility index (Phi) is 14.5. The van der Waals surface area contributed by atoms with Crippen LogP contribution in [0, 0.1) is 5.92 Å². The van der Waals surface area contributed by atoms with E-state index in [-0.39, 0.29) is 43.2 Å². The maximum Gasteiger partial charge on any atom is 0.245 e. The lowest BCUT2D eigenvalue weighted by atomic mass is 9.98. The molecule has 10 N–H and O–H groups in total. The molecular weight excluding hydrogens is 628 g/mol. The van der Waals surface area contributed by atoms with Crippen molar-refractivity contribution in [1.29, 1.82) is 0 Å². The van der Waals surface area contributed by atoms with E-state index in [4.69, 9.17) is 11.5 Å². The SMILES string of the molecule is CC(C)CC(NC(=O)CN)C(=O)N(C)C(Cc1ccc(O)cc1)C(=O)NC(Cc1ccc(O)cc1)C(O)NC(Cc1ccccc1)C(N)=O. The van der Waals surface area contributed by atoms with Gasteiger partial charge in [0, 0.05) is 13.5 Å². The Morgan fingerprint density at radius 3 is 1.80 bits per heavy atom. The number of aliphatic hydroxyl groups is 1. The zero-order valence-corrected chi connectivity index (χ0v) is 28.1. The highest BCUT2D eigenvalue weighted by Crippen LogP contribution is 2.18. The average Bonchev–Trinajstić information content (AvgIpc) is 3.07. The van der Waals surface area contributed by atoms with Gasteiger partial charge < -0.3 is 42.3 Å². The van der Waals surface area contributed by atoms with Crippen molar-refractivity contribution >= 4 is 23.6 Å². The van der Waals surface area contributed by atoms with E-state index in [1.54, 1.807) is 24.3 Å². The minimum Gasteiger partial charge on any atom is -0.508 e. The van der Waals surface area contributed by atoms with Crippen LogP contribution in [-0.2, 0) is 38.4 Å². The first-order valence-electron chi connectivity index (χ1n) is 16.2. The van der Waals surface area contributed by atoms with E-state index in [1.165, 1.54) is 36.2 Å². The van der Waals surface area contributed by atoms with Crippen molar-refractivity contribution in [2.45, 2.75) is 69.9 Å². The minimum absolute atomic E-state index is 0.0230. The number of aromatic hydroxyl groups is 2. The molecule has 0 heterocycles. The number of hydrogen-bond acceptors (Lipinski definition) is 9. The summed E-state index contributed by atoms with van der Waals surface area (Å²) in [6.45, 7) is 3.48. The normalized spacial score (nSPS) is 14.2. The first kappa shape index (κ1) is 38.5. The van der Waals surface area contributed by atoms with Gasteiger partial charge in [0.25, 0.3) is 0 Å². The van der Waals surface area contributed by atoms with Crippen LogP contribution in [0.4, 0.5) is 0 Å². The topological polar surface area (TPSA) is 220 Å². The van der Waals surface area contributed by atoms with Crippen molar-refractivity contribution in [3.63, 3.8) is 0 Å². The largest absolute Gasteiger partial charge is 0.508 e. The molecule has 0 aliphatic heterocycles. The van der Waals surface area contributed by atoms with Crippen LogP contribution in [0.1, 0.15) is 37.0 Å². The second kappa shape index (κ2) is 18.5. The van der Waals surface area contributed by atoms with Crippen LogP contribution in [0.3, 0.4) is 0 Å². The molecule has 0 bridgehead atoms. The number of amides is 4. The number of aliphatic hydroxyl groups excluding tert-OH is 1. The van der Waals surface area contributed by atoms with E-state index < -0.39 is 54.0 Å². The molecule has 0 saturated carbocycles. The Hall–Kier alpha value is -4.98. The van der Waals surface area contributed by atoms with Crippen LogP contribution >= 0.6 is 0 Å². The van der Waals surface area contributed by atoms with E-state index in [0.29, 0.717) is 17.5 Å². The van der Waals surface area contributed by atoms with Gasteiger partial charge in [0.2, 0.25) is 23.6 Å². The van der Waals surface area contributed by atoms with Gasteiger partial charge in [0.15, 0.2) is 0 Å². The van der Waals surface area contributed by atoms with Gasteiger partial charge in [0.1, 0.15) is 29.8 Å². The smallest absolute Gasteiger partial charge is 0.245 e. The second-order valence-electron chi connectivity index (χ2n) is 12.5. The molecule has 13 heteroatoms. The Morgan fingerprint density at radius 2 is 1.29 bits per heavy atom. The number of likely N-dealkylation sites (N-methyl/N-ethyl adjacent to an activating group) is 1. The third-order valence-electron chi connectivity index (χ3n) is 8.11. The molecular formula is C36H48N6O7. The zero-order chi connectivity index (χ0) is 36.1. The van der Waals surface area contributed by atoms with Gasteiger partial charge in [-0.15, -0.1) is 0 Å². The number of benzene rings is 3. The molecule has 264 valence electrons. The van der Waals surface area contributed by atoms with Gasteiger partial charge in [-0.2, -0.15) is 0 Å². The number of nitrogens with two attached hydrogens (primary N) is 2. The molecule has 3 aromatic carbocycles. The summed E-state index contributed by atoms with van der Waals surface area (Å²) in [5, 5.41) is 39.5. The summed E-state index contributed by atoms with van der Waals surface area (Å²) in [7, 11) is 1.46. The van der Waals surface area contributed by atoms with Crippen LogP contribution in [0.2, 0.25) is 0 Å². The lowest BCUT2D eigenvalue weighted by Gasteiger charge is -2.34. The molecule has 49 heavy (non-hydrogen) atoms. The Morgan fingerprint density at radius 1 is 0.755 bits per heavy atom. The predicted molar refractivity (Wildman–Crippen MR) is 185 cm³/mol. The summed E-state index contributed by atoms with van der Waals surface area (Å²) in [4.78, 5) is 54.0. The highest BCUT2D eigenvalue weighted by molar-refractivity contribution is 5.92. The van der Waals surface area contributed by atoms with E-state index >= 15 is 0 Å². The summed E-state index contributed by atoms with van der Waals surface area (Å²) in [6, 6.07) is 17.4. The predicted octanol–water partition coefficient (Wildman–Crippen LogP) is 0.689. The van der Waals surface area contributed by atoms with Crippen molar-refractivity contribution in [2.75, 3.05) is 13.6 Å². The summed E-state index contributed by atoms with van der Waals surface area (Å²) in [5.41, 5.74) is 13.3. The fourth-order valence-corrected chi connectivity index (χ4v) is 5.43. The quantitative estimate of drug-likeness (QED) is 0.0887. The van der Waals surface area contributed by atoms with E-state index in [1.807, 2.05) is 44.2 Å². The van der Waals surface area contributed by atoms with Crippen LogP contribution in [-0.4, -0.2) is 87.8 Å². The van der Waals surface area contributed by atoms with Crippen molar-refractivity contribution in [2.24, 2.45) is 17.4 Å². The lowest BCUT2D eigenvalue weighted by Crippen LogP contribution is -2.61. The standard InChI is InChI=1S/C36H48N6O7/c1-22(2)17-30(39-32(45)21-37)36(49)42(3)31(20-25-11-15-27(44)16-12-25)35(48)41-29(19-24-9-13-26(43)14-10-24)34(47)40-28(33(38)46)18-23-7-5-4-6-8-23/h4-16,22,28-31,34,40,43-44,47H,17-21,37H2,1-3H3,(H2,38,46)(H,39,45)(H,41,48). The third-order valence-corrected chi connectivity index (χ3v) is 8.11. The van der Waals surface area contributed by atoms with Gasteiger partial charge in [-0.1, -0.05) is 68.4 Å². The fourth-order valence-electron chi connectivity index (χ4n) is 5.43. The number of nitrogens with one attached hydrogen (secondary N) is 3. The number of nitrogens with zero attached hydrogens (tertiary/aromatic N) is 1. The molecule has 3 rings (SSSR count). The van der Waals surface area contributed by atoms with E-state index in [9.17, 15) is 34.5 Å². The number of carbonyl (C=O) groups is 4.